The molecular weight excluding hydrogens is 368 g/mol. The molecule has 3 N–H and O–H groups in total. The minimum absolute atomic E-state index is 0.0700. The molecule has 0 aliphatic heterocycles. The molecule has 29 heavy (non-hydrogen) atoms. The number of anilines is 1. The molecule has 2 aromatic carbocycles. The normalized spacial score (nSPS) is 9.93. The number of pyridine rings is 2. The lowest BCUT2D eigenvalue weighted by Crippen LogP contribution is -1.92. The zero-order chi connectivity index (χ0) is 21.4. The van der Waals surface area contributed by atoms with Crippen molar-refractivity contribution < 1.29 is 10.0 Å². The second-order valence-corrected chi connectivity index (χ2v) is 6.36. The van der Waals surface area contributed by atoms with Crippen LogP contribution in [-0.2, 0) is 0 Å². The van der Waals surface area contributed by atoms with E-state index < -0.39 is 4.92 Å². The van der Waals surface area contributed by atoms with E-state index in [4.69, 9.17) is 10.8 Å². The summed E-state index contributed by atoms with van der Waals surface area (Å²) in [4.78, 5) is 18.5. The fraction of sp³-hybridized carbons (Fsp3) is 0.182. The maximum absolute atomic E-state index is 10.7. The molecule has 7 heteroatoms. The average Bonchev–Trinajstić information content (AvgIpc) is 2.68. The molecule has 150 valence electrons. The van der Waals surface area contributed by atoms with Crippen molar-refractivity contribution in [2.45, 2.75) is 20.8 Å². The van der Waals surface area contributed by atoms with Crippen LogP contribution in [0, 0.1) is 24.0 Å². The molecular formula is C22H24N4O3. The lowest BCUT2D eigenvalue weighted by molar-refractivity contribution is -0.383. The quantitative estimate of drug-likeness (QED) is 0.278. The van der Waals surface area contributed by atoms with Crippen molar-refractivity contribution >= 4 is 33.2 Å². The van der Waals surface area contributed by atoms with E-state index in [2.05, 4.69) is 16.0 Å². The first-order valence-electron chi connectivity index (χ1n) is 9.08. The zero-order valence-electron chi connectivity index (χ0n) is 16.7. The van der Waals surface area contributed by atoms with Crippen LogP contribution in [0.1, 0.15) is 18.1 Å². The van der Waals surface area contributed by atoms with Crippen LogP contribution in [0.2, 0.25) is 0 Å². The molecule has 0 saturated heterocycles. The molecule has 4 rings (SSSR count). The summed E-state index contributed by atoms with van der Waals surface area (Å²) < 4.78 is 0. The molecule has 4 aromatic rings. The van der Waals surface area contributed by atoms with E-state index in [0.717, 1.165) is 27.5 Å². The second kappa shape index (κ2) is 10.1. The lowest BCUT2D eigenvalue weighted by Gasteiger charge is -2.01. The van der Waals surface area contributed by atoms with Crippen LogP contribution in [0.25, 0.3) is 21.8 Å². The first-order valence-corrected chi connectivity index (χ1v) is 9.08. The molecule has 2 heterocycles. The number of aromatic nitrogens is 2. The Morgan fingerprint density at radius 2 is 1.45 bits per heavy atom. The van der Waals surface area contributed by atoms with Crippen LogP contribution >= 0.6 is 0 Å². The Morgan fingerprint density at radius 3 is 2.00 bits per heavy atom. The molecule has 0 atom stereocenters. The Bertz CT molecular complexity index is 1130. The van der Waals surface area contributed by atoms with Gasteiger partial charge in [-0.25, -0.2) is 4.98 Å². The van der Waals surface area contributed by atoms with E-state index in [-0.39, 0.29) is 12.3 Å². The highest BCUT2D eigenvalue weighted by Crippen LogP contribution is 2.24. The van der Waals surface area contributed by atoms with Gasteiger partial charge < -0.3 is 10.8 Å². The molecule has 7 nitrogen and oxygen atoms in total. The third-order valence-electron chi connectivity index (χ3n) is 3.90. The number of rotatable bonds is 1. The minimum atomic E-state index is -0.400. The SMILES string of the molecule is CCO.Cc1cc(N)c2ncccc2c1.Cc1cc([N+](=O)[O-])c2ncccc2c1. The van der Waals surface area contributed by atoms with E-state index >= 15 is 0 Å². The lowest BCUT2D eigenvalue weighted by atomic mass is 10.1. The number of non-ortho nitro benzene ring substituents is 1. The molecule has 0 bridgehead atoms. The van der Waals surface area contributed by atoms with Gasteiger partial charge in [0.1, 0.15) is 5.52 Å². The van der Waals surface area contributed by atoms with Gasteiger partial charge in [-0.15, -0.1) is 0 Å². The molecule has 0 aliphatic carbocycles. The molecule has 0 fully saturated rings. The summed E-state index contributed by atoms with van der Waals surface area (Å²) in [6.07, 6.45) is 3.32. The maximum atomic E-state index is 10.7. The highest BCUT2D eigenvalue weighted by Gasteiger charge is 2.12. The average molecular weight is 392 g/mol. The van der Waals surface area contributed by atoms with Crippen LogP contribution < -0.4 is 5.73 Å². The Hall–Kier alpha value is -3.58. The zero-order valence-corrected chi connectivity index (χ0v) is 16.7. The van der Waals surface area contributed by atoms with Gasteiger partial charge >= 0.3 is 0 Å². The van der Waals surface area contributed by atoms with Crippen LogP contribution in [-0.4, -0.2) is 26.6 Å². The molecule has 0 saturated carbocycles. The van der Waals surface area contributed by atoms with Crippen molar-refractivity contribution in [3.8, 4) is 0 Å². The predicted molar refractivity (Wildman–Crippen MR) is 117 cm³/mol. The number of nitro benzene ring substituents is 1. The highest BCUT2D eigenvalue weighted by molar-refractivity contribution is 5.89. The molecule has 0 amide bonds. The second-order valence-electron chi connectivity index (χ2n) is 6.36. The smallest absolute Gasteiger partial charge is 0.295 e. The largest absolute Gasteiger partial charge is 0.397 e. The summed E-state index contributed by atoms with van der Waals surface area (Å²) in [5.41, 5.74) is 10.0. The molecule has 0 aliphatic rings. The third kappa shape index (κ3) is 5.70. The van der Waals surface area contributed by atoms with Gasteiger partial charge in [-0.05, 0) is 62.2 Å². The number of hydrogen-bond acceptors (Lipinski definition) is 6. The number of benzene rings is 2. The van der Waals surface area contributed by atoms with Crippen LogP contribution in [0.5, 0.6) is 0 Å². The Kier molecular flexibility index (Phi) is 7.56. The van der Waals surface area contributed by atoms with E-state index in [9.17, 15) is 10.1 Å². The monoisotopic (exact) mass is 392 g/mol. The third-order valence-corrected chi connectivity index (χ3v) is 3.90. The summed E-state index contributed by atoms with van der Waals surface area (Å²) in [6, 6.07) is 15.0. The molecule has 0 unspecified atom stereocenters. The summed E-state index contributed by atoms with van der Waals surface area (Å²) in [6.45, 7) is 5.79. The maximum Gasteiger partial charge on any atom is 0.295 e. The number of nitrogen functional groups attached to an aromatic ring is 1. The fourth-order valence-corrected chi connectivity index (χ4v) is 2.83. The van der Waals surface area contributed by atoms with Gasteiger partial charge in [-0.2, -0.15) is 0 Å². The Balaban J connectivity index is 0.000000184. The van der Waals surface area contributed by atoms with E-state index in [0.29, 0.717) is 5.52 Å². The van der Waals surface area contributed by atoms with E-state index in [1.165, 1.54) is 11.6 Å². The van der Waals surface area contributed by atoms with Crippen LogP contribution in [0.3, 0.4) is 0 Å². The number of aliphatic hydroxyl groups is 1. The molecule has 2 aromatic heterocycles. The van der Waals surface area contributed by atoms with Crippen molar-refractivity contribution in [3.63, 3.8) is 0 Å². The van der Waals surface area contributed by atoms with Crippen molar-refractivity contribution in [3.05, 3.63) is 82.2 Å². The Labute approximate surface area is 169 Å². The van der Waals surface area contributed by atoms with Crippen LogP contribution in [0.15, 0.2) is 60.9 Å². The van der Waals surface area contributed by atoms with Crippen molar-refractivity contribution in [1.82, 2.24) is 9.97 Å². The number of aliphatic hydroxyl groups excluding tert-OH is 1. The first kappa shape index (κ1) is 21.7. The number of fused-ring (bicyclic) bond motifs is 2. The van der Waals surface area contributed by atoms with Crippen molar-refractivity contribution in [1.29, 1.82) is 0 Å². The van der Waals surface area contributed by atoms with Crippen molar-refractivity contribution in [2.75, 3.05) is 12.3 Å². The van der Waals surface area contributed by atoms with Gasteiger partial charge in [-0.3, -0.25) is 15.1 Å². The summed E-state index contributed by atoms with van der Waals surface area (Å²) in [5, 5.41) is 20.2. The fourth-order valence-electron chi connectivity index (χ4n) is 2.83. The summed E-state index contributed by atoms with van der Waals surface area (Å²) >= 11 is 0. The standard InChI is InChI=1S/C10H8N2O2.C10H10N2.C2H6O/c1-7-5-8-3-2-4-11-10(8)9(6-7)12(13)14;1-7-5-8-3-2-4-12-10(8)9(11)6-7;1-2-3/h2-6H,1H3;2-6H,11H2,1H3;3H,2H2,1H3. The van der Waals surface area contributed by atoms with Gasteiger partial charge in [-0.1, -0.05) is 12.1 Å². The van der Waals surface area contributed by atoms with E-state index in [1.54, 1.807) is 25.4 Å². The number of hydrogen-bond donors (Lipinski definition) is 2. The summed E-state index contributed by atoms with van der Waals surface area (Å²) in [7, 11) is 0. The number of nitrogens with two attached hydrogens (primary N) is 1. The number of nitro groups is 1. The van der Waals surface area contributed by atoms with Gasteiger partial charge in [0.25, 0.3) is 5.69 Å². The van der Waals surface area contributed by atoms with Crippen molar-refractivity contribution in [2.24, 2.45) is 0 Å². The van der Waals surface area contributed by atoms with Gasteiger partial charge in [0.05, 0.1) is 16.1 Å². The predicted octanol–water partition coefficient (Wildman–Crippen LogP) is 4.58. The number of nitrogens with zero attached hydrogens (tertiary/aromatic N) is 3. The van der Waals surface area contributed by atoms with Gasteiger partial charge in [0.2, 0.25) is 0 Å². The number of aryl methyl sites for hydroxylation is 2. The first-order chi connectivity index (χ1) is 13.9. The minimum Gasteiger partial charge on any atom is -0.397 e. The molecule has 0 spiro atoms. The van der Waals surface area contributed by atoms with E-state index in [1.807, 2.05) is 44.2 Å². The van der Waals surface area contributed by atoms with Crippen LogP contribution in [0.4, 0.5) is 11.4 Å². The highest BCUT2D eigenvalue weighted by atomic mass is 16.6. The Morgan fingerprint density at radius 1 is 0.966 bits per heavy atom. The molecule has 0 radical (unpaired) electrons. The van der Waals surface area contributed by atoms with Gasteiger partial charge in [0, 0.05) is 35.8 Å². The van der Waals surface area contributed by atoms with Gasteiger partial charge in [0.15, 0.2) is 0 Å². The topological polar surface area (TPSA) is 115 Å². The summed E-state index contributed by atoms with van der Waals surface area (Å²) in [5.74, 6) is 0.